The second kappa shape index (κ2) is 10.3. The van der Waals surface area contributed by atoms with Crippen LogP contribution in [0.5, 0.6) is 0 Å². The van der Waals surface area contributed by atoms with Crippen LogP contribution in [0.1, 0.15) is 11.1 Å². The van der Waals surface area contributed by atoms with E-state index in [2.05, 4.69) is 97.1 Å². The van der Waals surface area contributed by atoms with Crippen LogP contribution in [-0.4, -0.2) is 9.85 Å². The number of nitro groups is 2. The van der Waals surface area contributed by atoms with Crippen LogP contribution in [0.25, 0.3) is 33.4 Å². The third kappa shape index (κ3) is 4.99. The van der Waals surface area contributed by atoms with E-state index in [4.69, 9.17) is 0 Å². The van der Waals surface area contributed by atoms with E-state index < -0.39 is 9.85 Å². The summed E-state index contributed by atoms with van der Waals surface area (Å²) in [5.41, 5.74) is 10.3. The maximum atomic E-state index is 10.2. The molecule has 0 spiro atoms. The van der Waals surface area contributed by atoms with E-state index in [0.29, 0.717) is 0 Å². The molecular weight excluding hydrogens is 464 g/mol. The van der Waals surface area contributed by atoms with Gasteiger partial charge in [-0.3, -0.25) is 20.2 Å². The Hall–Kier alpha value is -5.10. The third-order valence-electron chi connectivity index (χ3n) is 6.37. The van der Waals surface area contributed by atoms with Crippen molar-refractivity contribution in [1.29, 1.82) is 0 Å². The van der Waals surface area contributed by atoms with Crippen molar-refractivity contribution >= 4 is 11.4 Å². The fraction of sp³-hybridized carbons (Fsp3) is 0.0323. The number of benzene rings is 5. The molecule has 0 fully saturated rings. The van der Waals surface area contributed by atoms with Crippen molar-refractivity contribution < 1.29 is 9.85 Å². The Morgan fingerprint density at radius 1 is 0.486 bits per heavy atom. The van der Waals surface area contributed by atoms with Gasteiger partial charge in [0.2, 0.25) is 0 Å². The van der Waals surface area contributed by atoms with Gasteiger partial charge in [0.15, 0.2) is 0 Å². The van der Waals surface area contributed by atoms with Gasteiger partial charge in [-0.25, -0.2) is 0 Å². The number of hydrogen-bond acceptors (Lipinski definition) is 4. The fourth-order valence-corrected chi connectivity index (χ4v) is 4.62. The summed E-state index contributed by atoms with van der Waals surface area (Å²) in [5, 5.41) is 20.3. The molecule has 5 aromatic carbocycles. The molecule has 0 unspecified atom stereocenters. The van der Waals surface area contributed by atoms with Crippen molar-refractivity contribution in [3.05, 3.63) is 153 Å². The third-order valence-corrected chi connectivity index (χ3v) is 6.37. The van der Waals surface area contributed by atoms with Crippen molar-refractivity contribution in [2.45, 2.75) is 6.42 Å². The van der Waals surface area contributed by atoms with Crippen molar-refractivity contribution in [3.8, 4) is 33.4 Å². The molecule has 0 saturated carbocycles. The van der Waals surface area contributed by atoms with Crippen LogP contribution in [0.2, 0.25) is 0 Å². The van der Waals surface area contributed by atoms with E-state index in [1.54, 1.807) is 0 Å². The highest BCUT2D eigenvalue weighted by atomic mass is 16.6. The summed E-state index contributed by atoms with van der Waals surface area (Å²) in [4.78, 5) is 19.0. The summed E-state index contributed by atoms with van der Waals surface area (Å²) in [5.74, 6) is 0. The normalized spacial score (nSPS) is 11.0. The number of non-ortho nitro benzene ring substituents is 2. The minimum Gasteiger partial charge on any atom is -0.258 e. The maximum absolute atomic E-state index is 10.2. The van der Waals surface area contributed by atoms with Crippen molar-refractivity contribution in [1.82, 2.24) is 0 Å². The summed E-state index contributed by atoms with van der Waals surface area (Å²) in [6, 6.07) is 39.6. The number of fused-ring (bicyclic) bond motifs is 3. The van der Waals surface area contributed by atoms with Crippen molar-refractivity contribution in [2.24, 2.45) is 0 Å². The average molecular weight is 487 g/mol. The van der Waals surface area contributed by atoms with Gasteiger partial charge in [0, 0.05) is 12.1 Å². The Balaban J connectivity index is 0.000000198. The van der Waals surface area contributed by atoms with E-state index in [-0.39, 0.29) is 11.4 Å². The zero-order valence-electron chi connectivity index (χ0n) is 19.8. The molecule has 0 radical (unpaired) electrons. The molecule has 0 saturated heterocycles. The predicted octanol–water partition coefficient (Wildman–Crippen LogP) is 8.09. The first-order chi connectivity index (χ1) is 18.0. The molecule has 0 heterocycles. The van der Waals surface area contributed by atoms with Crippen LogP contribution in [0, 0.1) is 20.2 Å². The van der Waals surface area contributed by atoms with E-state index >= 15 is 0 Å². The quantitative estimate of drug-likeness (QED) is 0.186. The summed E-state index contributed by atoms with van der Waals surface area (Å²) >= 11 is 0. The molecule has 180 valence electrons. The second-order valence-electron chi connectivity index (χ2n) is 8.65. The Labute approximate surface area is 213 Å². The van der Waals surface area contributed by atoms with Gasteiger partial charge < -0.3 is 0 Å². The maximum Gasteiger partial charge on any atom is 0.276 e. The van der Waals surface area contributed by atoms with Crippen LogP contribution in [-0.2, 0) is 6.42 Å². The lowest BCUT2D eigenvalue weighted by Crippen LogP contribution is -1.91. The van der Waals surface area contributed by atoms with E-state index in [0.717, 1.165) is 12.5 Å². The highest BCUT2D eigenvalue weighted by molar-refractivity contribution is 5.89. The first kappa shape index (κ1) is 23.6. The molecule has 37 heavy (non-hydrogen) atoms. The molecule has 0 bridgehead atoms. The second-order valence-corrected chi connectivity index (χ2v) is 8.65. The van der Waals surface area contributed by atoms with Gasteiger partial charge in [0.1, 0.15) is 0 Å². The number of nitro benzene ring substituents is 2. The lowest BCUT2D eigenvalue weighted by Gasteiger charge is -2.13. The van der Waals surface area contributed by atoms with Crippen LogP contribution >= 0.6 is 0 Å². The highest BCUT2D eigenvalue weighted by Crippen LogP contribution is 2.44. The van der Waals surface area contributed by atoms with Crippen LogP contribution in [0.4, 0.5) is 11.4 Å². The highest BCUT2D eigenvalue weighted by Gasteiger charge is 2.22. The lowest BCUT2D eigenvalue weighted by molar-refractivity contribution is -0.394. The summed E-state index contributed by atoms with van der Waals surface area (Å²) in [6.45, 7) is 0. The van der Waals surface area contributed by atoms with E-state index in [1.165, 1.54) is 62.7 Å². The lowest BCUT2D eigenvalue weighted by atomic mass is 9.91. The van der Waals surface area contributed by atoms with Crippen LogP contribution in [0.15, 0.2) is 121 Å². The Morgan fingerprint density at radius 3 is 1.65 bits per heavy atom. The van der Waals surface area contributed by atoms with Gasteiger partial charge in [-0.1, -0.05) is 84.9 Å². The Morgan fingerprint density at radius 2 is 1.03 bits per heavy atom. The smallest absolute Gasteiger partial charge is 0.258 e. The SMILES string of the molecule is O=[N+]([O-])c1cccc([N+](=O)[O-])c1.c1ccc(-c2cc(-c3ccccc3)c3c(c2)-c2ccccc2C3)cc1. The molecule has 6 heteroatoms. The van der Waals surface area contributed by atoms with Crippen molar-refractivity contribution in [3.63, 3.8) is 0 Å². The molecule has 5 aromatic rings. The molecule has 1 aliphatic rings. The van der Waals surface area contributed by atoms with Crippen LogP contribution < -0.4 is 0 Å². The molecule has 0 atom stereocenters. The molecule has 0 N–H and O–H groups in total. The van der Waals surface area contributed by atoms with E-state index in [9.17, 15) is 20.2 Å². The van der Waals surface area contributed by atoms with E-state index in [1.807, 2.05) is 0 Å². The van der Waals surface area contributed by atoms with Gasteiger partial charge >= 0.3 is 0 Å². The molecule has 0 aliphatic heterocycles. The number of nitrogens with zero attached hydrogens (tertiary/aromatic N) is 2. The van der Waals surface area contributed by atoms with Gasteiger partial charge in [0.25, 0.3) is 11.4 Å². The van der Waals surface area contributed by atoms with Gasteiger partial charge in [-0.2, -0.15) is 0 Å². The number of hydrogen-bond donors (Lipinski definition) is 0. The standard InChI is InChI=1S/C25H18.C6H4N2O4/c1-3-9-18(10-4-1)21-16-23(19-11-5-2-6-12-19)25-15-20-13-7-8-14-22(20)24(25)17-21;9-7(10)5-2-1-3-6(4-5)8(11)12/h1-14,16-17H,15H2;1-4H. The Bertz CT molecular complexity index is 1570. The predicted molar refractivity (Wildman–Crippen MR) is 145 cm³/mol. The first-order valence-corrected chi connectivity index (χ1v) is 11.8. The topological polar surface area (TPSA) is 86.3 Å². The summed E-state index contributed by atoms with van der Waals surface area (Å²) < 4.78 is 0. The minimum absolute atomic E-state index is 0.274. The van der Waals surface area contributed by atoms with Crippen molar-refractivity contribution in [2.75, 3.05) is 0 Å². The first-order valence-electron chi connectivity index (χ1n) is 11.8. The molecular formula is C31H22N2O4. The largest absolute Gasteiger partial charge is 0.276 e. The fourth-order valence-electron chi connectivity index (χ4n) is 4.62. The van der Waals surface area contributed by atoms with Gasteiger partial charge in [0.05, 0.1) is 15.9 Å². The zero-order chi connectivity index (χ0) is 25.8. The monoisotopic (exact) mass is 486 g/mol. The average Bonchev–Trinajstić information content (AvgIpc) is 3.32. The summed E-state index contributed by atoms with van der Waals surface area (Å²) in [7, 11) is 0. The summed E-state index contributed by atoms with van der Waals surface area (Å²) in [6.07, 6.45) is 1.02. The Kier molecular flexibility index (Phi) is 6.55. The molecule has 0 aromatic heterocycles. The molecule has 6 nitrogen and oxygen atoms in total. The zero-order valence-corrected chi connectivity index (χ0v) is 19.8. The minimum atomic E-state index is -0.674. The molecule has 1 aliphatic carbocycles. The van der Waals surface area contributed by atoms with Gasteiger partial charge in [-0.05, 0) is 69.1 Å². The molecule has 6 rings (SSSR count). The van der Waals surface area contributed by atoms with Crippen LogP contribution in [0.3, 0.4) is 0 Å². The van der Waals surface area contributed by atoms with Gasteiger partial charge in [-0.15, -0.1) is 0 Å². The number of rotatable bonds is 4. The molecule has 0 amide bonds.